The van der Waals surface area contributed by atoms with Crippen molar-refractivity contribution in [3.63, 3.8) is 0 Å². The Bertz CT molecular complexity index is 1010. The number of rotatable bonds is 3. The van der Waals surface area contributed by atoms with Gasteiger partial charge in [-0.3, -0.25) is 9.59 Å². The molecule has 0 atom stereocenters. The predicted octanol–water partition coefficient (Wildman–Crippen LogP) is 2.54. The lowest BCUT2D eigenvalue weighted by atomic mass is 10.2. The van der Waals surface area contributed by atoms with E-state index in [0.29, 0.717) is 16.5 Å². The van der Waals surface area contributed by atoms with Crippen LogP contribution in [0.25, 0.3) is 11.0 Å². The lowest BCUT2D eigenvalue weighted by Gasteiger charge is -2.03. The molecule has 0 fully saturated rings. The van der Waals surface area contributed by atoms with Crippen molar-refractivity contribution >= 4 is 38.7 Å². The van der Waals surface area contributed by atoms with Gasteiger partial charge in [0.25, 0.3) is 11.8 Å². The topological polar surface area (TPSA) is 97.7 Å². The number of para-hydroxylation sites is 1. The number of nitrogens with zero attached hydrogens (tertiary/aromatic N) is 1. The highest BCUT2D eigenvalue weighted by atomic mass is 79.9. The standard InChI is InChI=1S/C17H12BrN3O3/c18-12-6-3-5-11(8-12)16(23)20-21-17-13(15(19)22)9-10-4-1-2-7-14(10)24-17/h1-9H,(H2,19,22)(H,20,23)/b21-17+. The Morgan fingerprint density at radius 1 is 1.08 bits per heavy atom. The van der Waals surface area contributed by atoms with Crippen molar-refractivity contribution in [2.45, 2.75) is 0 Å². The number of hydrogen-bond donors (Lipinski definition) is 2. The molecule has 0 bridgehead atoms. The van der Waals surface area contributed by atoms with Gasteiger partial charge >= 0.3 is 0 Å². The Morgan fingerprint density at radius 2 is 1.88 bits per heavy atom. The second-order valence-corrected chi connectivity index (χ2v) is 5.85. The van der Waals surface area contributed by atoms with Crippen LogP contribution in [-0.4, -0.2) is 11.8 Å². The van der Waals surface area contributed by atoms with Crippen LogP contribution < -0.4 is 16.7 Å². The summed E-state index contributed by atoms with van der Waals surface area (Å²) in [6, 6.07) is 15.5. The van der Waals surface area contributed by atoms with Gasteiger partial charge in [-0.1, -0.05) is 40.2 Å². The maximum absolute atomic E-state index is 12.1. The summed E-state index contributed by atoms with van der Waals surface area (Å²) < 4.78 is 6.34. The van der Waals surface area contributed by atoms with Crippen LogP contribution in [0.5, 0.6) is 0 Å². The first kappa shape index (κ1) is 15.9. The van der Waals surface area contributed by atoms with Gasteiger partial charge in [-0.2, -0.15) is 0 Å². The third-order valence-corrected chi connectivity index (χ3v) is 3.76. The minimum Gasteiger partial charge on any atom is -0.436 e. The fourth-order valence-corrected chi connectivity index (χ4v) is 2.52. The number of amides is 2. The van der Waals surface area contributed by atoms with Crippen molar-refractivity contribution < 1.29 is 14.0 Å². The number of primary amides is 1. The Balaban J connectivity index is 2.01. The molecule has 0 aliphatic rings. The predicted molar refractivity (Wildman–Crippen MR) is 91.9 cm³/mol. The zero-order chi connectivity index (χ0) is 17.1. The van der Waals surface area contributed by atoms with Crippen molar-refractivity contribution in [1.29, 1.82) is 0 Å². The third-order valence-electron chi connectivity index (χ3n) is 3.27. The first-order valence-electron chi connectivity index (χ1n) is 6.97. The first-order chi connectivity index (χ1) is 11.5. The summed E-state index contributed by atoms with van der Waals surface area (Å²) in [5, 5.41) is 4.61. The van der Waals surface area contributed by atoms with E-state index in [-0.39, 0.29) is 11.1 Å². The number of halogens is 1. The van der Waals surface area contributed by atoms with Crippen LogP contribution in [0.15, 0.2) is 68.6 Å². The van der Waals surface area contributed by atoms with E-state index in [4.69, 9.17) is 10.2 Å². The van der Waals surface area contributed by atoms with E-state index in [1.54, 1.807) is 48.5 Å². The van der Waals surface area contributed by atoms with Gasteiger partial charge in [0.2, 0.25) is 5.55 Å². The third kappa shape index (κ3) is 3.36. The number of hydrogen-bond acceptors (Lipinski definition) is 4. The maximum atomic E-state index is 12.1. The van der Waals surface area contributed by atoms with Gasteiger partial charge in [0.05, 0.1) is 0 Å². The molecule has 1 heterocycles. The number of benzene rings is 2. The molecule has 120 valence electrons. The molecule has 2 amide bonds. The van der Waals surface area contributed by atoms with Crippen molar-refractivity contribution in [3.8, 4) is 0 Å². The quantitative estimate of drug-likeness (QED) is 0.677. The highest BCUT2D eigenvalue weighted by Crippen LogP contribution is 2.13. The van der Waals surface area contributed by atoms with Gasteiger partial charge in [-0.05, 0) is 30.3 Å². The summed E-state index contributed by atoms with van der Waals surface area (Å²) in [4.78, 5) is 23.7. The zero-order valence-electron chi connectivity index (χ0n) is 12.3. The summed E-state index contributed by atoms with van der Waals surface area (Å²) in [6.07, 6.45) is 0. The molecule has 0 radical (unpaired) electrons. The smallest absolute Gasteiger partial charge is 0.271 e. The minimum absolute atomic E-state index is 0.0513. The van der Waals surface area contributed by atoms with E-state index in [2.05, 4.69) is 26.5 Å². The fourth-order valence-electron chi connectivity index (χ4n) is 2.12. The van der Waals surface area contributed by atoms with Crippen LogP contribution >= 0.6 is 15.9 Å². The van der Waals surface area contributed by atoms with E-state index in [0.717, 1.165) is 4.47 Å². The van der Waals surface area contributed by atoms with Crippen molar-refractivity contribution in [1.82, 2.24) is 5.43 Å². The molecular formula is C17H12BrN3O3. The number of nitrogens with two attached hydrogens (primary N) is 1. The molecule has 7 heteroatoms. The zero-order valence-corrected chi connectivity index (χ0v) is 13.9. The molecule has 3 rings (SSSR count). The van der Waals surface area contributed by atoms with Gasteiger partial charge in [-0.15, -0.1) is 5.10 Å². The average Bonchev–Trinajstić information content (AvgIpc) is 2.58. The van der Waals surface area contributed by atoms with Crippen molar-refractivity contribution in [3.05, 3.63) is 75.8 Å². The van der Waals surface area contributed by atoms with Crippen LogP contribution in [0, 0.1) is 0 Å². The summed E-state index contributed by atoms with van der Waals surface area (Å²) in [7, 11) is 0. The largest absolute Gasteiger partial charge is 0.436 e. The minimum atomic E-state index is -0.694. The van der Waals surface area contributed by atoms with Gasteiger partial charge in [-0.25, -0.2) is 5.43 Å². The summed E-state index contributed by atoms with van der Waals surface area (Å²) in [6.45, 7) is 0. The molecule has 3 N–H and O–H groups in total. The molecule has 2 aromatic carbocycles. The van der Waals surface area contributed by atoms with Crippen LogP contribution in [-0.2, 0) is 0 Å². The number of nitrogens with one attached hydrogen (secondary N) is 1. The SMILES string of the molecule is NC(=O)c1cc2ccccc2o/c1=N/NC(=O)c1cccc(Br)c1. The van der Waals surface area contributed by atoms with Crippen LogP contribution in [0.3, 0.4) is 0 Å². The van der Waals surface area contributed by atoms with Gasteiger partial charge < -0.3 is 10.2 Å². The molecule has 1 aromatic heterocycles. The molecular weight excluding hydrogens is 374 g/mol. The molecule has 0 spiro atoms. The van der Waals surface area contributed by atoms with Crippen LogP contribution in [0.2, 0.25) is 0 Å². The maximum Gasteiger partial charge on any atom is 0.271 e. The van der Waals surface area contributed by atoms with Gasteiger partial charge in [0.1, 0.15) is 11.1 Å². The lowest BCUT2D eigenvalue weighted by Crippen LogP contribution is -2.27. The number of fused-ring (bicyclic) bond motifs is 1. The molecule has 24 heavy (non-hydrogen) atoms. The van der Waals surface area contributed by atoms with E-state index >= 15 is 0 Å². The normalized spacial score (nSPS) is 11.5. The second-order valence-electron chi connectivity index (χ2n) is 4.93. The summed E-state index contributed by atoms with van der Waals surface area (Å²) in [5.41, 5.74) is 8.70. The van der Waals surface area contributed by atoms with Gasteiger partial charge in [0.15, 0.2) is 0 Å². The summed E-state index contributed by atoms with van der Waals surface area (Å²) >= 11 is 3.29. The molecule has 0 aliphatic heterocycles. The Hall–Kier alpha value is -2.93. The van der Waals surface area contributed by atoms with E-state index < -0.39 is 11.8 Å². The highest BCUT2D eigenvalue weighted by Gasteiger charge is 2.10. The second kappa shape index (κ2) is 6.67. The first-order valence-corrected chi connectivity index (χ1v) is 7.76. The Morgan fingerprint density at radius 3 is 2.62 bits per heavy atom. The average molecular weight is 386 g/mol. The van der Waals surface area contributed by atoms with E-state index in [1.807, 2.05) is 6.07 Å². The Labute approximate surface area is 145 Å². The Kier molecular flexibility index (Phi) is 4.43. The lowest BCUT2D eigenvalue weighted by molar-refractivity contribution is 0.0946. The molecule has 0 saturated carbocycles. The highest BCUT2D eigenvalue weighted by molar-refractivity contribution is 9.10. The molecule has 3 aromatic rings. The van der Waals surface area contributed by atoms with E-state index in [1.165, 1.54) is 0 Å². The molecule has 6 nitrogen and oxygen atoms in total. The molecule has 0 unspecified atom stereocenters. The fraction of sp³-hybridized carbons (Fsp3) is 0. The van der Waals surface area contributed by atoms with E-state index in [9.17, 15) is 9.59 Å². The van der Waals surface area contributed by atoms with Crippen LogP contribution in [0.1, 0.15) is 20.7 Å². The monoisotopic (exact) mass is 385 g/mol. The van der Waals surface area contributed by atoms with Crippen LogP contribution in [0.4, 0.5) is 0 Å². The van der Waals surface area contributed by atoms with Crippen molar-refractivity contribution in [2.24, 2.45) is 10.8 Å². The van der Waals surface area contributed by atoms with Crippen molar-refractivity contribution in [2.75, 3.05) is 0 Å². The number of carbonyl (C=O) groups is 2. The molecule has 0 aliphatic carbocycles. The molecule has 0 saturated heterocycles. The van der Waals surface area contributed by atoms with Gasteiger partial charge in [0, 0.05) is 15.4 Å². The number of carbonyl (C=O) groups excluding carboxylic acids is 2. The summed E-state index contributed by atoms with van der Waals surface area (Å²) in [5.74, 6) is -1.13.